The summed E-state index contributed by atoms with van der Waals surface area (Å²) in [6.07, 6.45) is 0.204. The third-order valence-corrected chi connectivity index (χ3v) is 5.98. The second-order valence-corrected chi connectivity index (χ2v) is 7.54. The Hall–Kier alpha value is -0.960. The van der Waals surface area contributed by atoms with Crippen LogP contribution in [-0.4, -0.2) is 38.2 Å². The molecule has 1 aromatic rings. The number of nitrogens with one attached hydrogen (secondary N) is 1. The Balaban J connectivity index is 2.37. The van der Waals surface area contributed by atoms with Crippen LogP contribution in [0.5, 0.6) is 0 Å². The molecule has 0 atom stereocenters. The van der Waals surface area contributed by atoms with Gasteiger partial charge in [-0.3, -0.25) is 4.79 Å². The van der Waals surface area contributed by atoms with E-state index in [1.165, 1.54) is 6.07 Å². The van der Waals surface area contributed by atoms with Gasteiger partial charge >= 0.3 is 5.97 Å². The third-order valence-electron chi connectivity index (χ3n) is 3.46. The zero-order valence-electron chi connectivity index (χ0n) is 11.4. The molecule has 21 heavy (non-hydrogen) atoms. The SMILES string of the molecule is Cc1ccc(S(=O)(=O)NC2(C(=O)O)CCOCC2)c(Br)c1. The van der Waals surface area contributed by atoms with E-state index in [0.717, 1.165) is 5.56 Å². The van der Waals surface area contributed by atoms with Crippen molar-refractivity contribution in [1.82, 2.24) is 4.72 Å². The van der Waals surface area contributed by atoms with Crippen LogP contribution in [0, 0.1) is 6.92 Å². The third kappa shape index (κ3) is 3.45. The van der Waals surface area contributed by atoms with E-state index in [1.807, 2.05) is 6.92 Å². The summed E-state index contributed by atoms with van der Waals surface area (Å²) in [5.41, 5.74) is -0.610. The van der Waals surface area contributed by atoms with Gasteiger partial charge in [-0.1, -0.05) is 6.07 Å². The molecular formula is C13H16BrNO5S. The number of hydrogen-bond donors (Lipinski definition) is 2. The smallest absolute Gasteiger partial charge is 0.325 e. The Morgan fingerprint density at radius 1 is 1.38 bits per heavy atom. The number of sulfonamides is 1. The molecule has 0 amide bonds. The van der Waals surface area contributed by atoms with Gasteiger partial charge in [0.15, 0.2) is 0 Å². The van der Waals surface area contributed by atoms with E-state index in [0.29, 0.717) is 4.47 Å². The highest BCUT2D eigenvalue weighted by atomic mass is 79.9. The van der Waals surface area contributed by atoms with Gasteiger partial charge < -0.3 is 9.84 Å². The number of ether oxygens (including phenoxy) is 1. The quantitative estimate of drug-likeness (QED) is 0.832. The summed E-state index contributed by atoms with van der Waals surface area (Å²) < 4.78 is 32.9. The van der Waals surface area contributed by atoms with Gasteiger partial charge in [-0.2, -0.15) is 4.72 Å². The van der Waals surface area contributed by atoms with E-state index in [2.05, 4.69) is 20.7 Å². The van der Waals surface area contributed by atoms with Crippen molar-refractivity contribution in [3.63, 3.8) is 0 Å². The maximum absolute atomic E-state index is 12.5. The van der Waals surface area contributed by atoms with Crippen LogP contribution in [0.2, 0.25) is 0 Å². The van der Waals surface area contributed by atoms with Gasteiger partial charge in [0, 0.05) is 30.5 Å². The van der Waals surface area contributed by atoms with Gasteiger partial charge in [-0.05, 0) is 40.5 Å². The van der Waals surface area contributed by atoms with Crippen molar-refractivity contribution in [2.75, 3.05) is 13.2 Å². The Bertz CT molecular complexity index is 653. The highest BCUT2D eigenvalue weighted by Crippen LogP contribution is 2.28. The zero-order chi connectivity index (χ0) is 15.7. The standard InChI is InChI=1S/C13H16BrNO5S/c1-9-2-3-11(10(14)8-9)21(18,19)15-13(12(16)17)4-6-20-7-5-13/h2-3,8,15H,4-7H2,1H3,(H,16,17). The molecule has 1 saturated heterocycles. The number of aryl methyl sites for hydroxylation is 1. The summed E-state index contributed by atoms with van der Waals surface area (Å²) in [5.74, 6) is -1.18. The second-order valence-electron chi connectivity index (χ2n) is 5.04. The Labute approximate surface area is 131 Å². The summed E-state index contributed by atoms with van der Waals surface area (Å²) in [5, 5.41) is 9.42. The minimum absolute atomic E-state index is 0.0280. The molecular weight excluding hydrogens is 362 g/mol. The van der Waals surface area contributed by atoms with Gasteiger partial charge in [0.1, 0.15) is 5.54 Å². The monoisotopic (exact) mass is 377 g/mol. The molecule has 0 aliphatic carbocycles. The highest BCUT2D eigenvalue weighted by Gasteiger charge is 2.44. The molecule has 8 heteroatoms. The van der Waals surface area contributed by atoms with Crippen LogP contribution in [0.25, 0.3) is 0 Å². The van der Waals surface area contributed by atoms with Crippen LogP contribution < -0.4 is 4.72 Å². The van der Waals surface area contributed by atoms with E-state index >= 15 is 0 Å². The molecule has 2 N–H and O–H groups in total. The number of hydrogen-bond acceptors (Lipinski definition) is 4. The number of carboxylic acids is 1. The van der Waals surface area contributed by atoms with Gasteiger partial charge in [0.05, 0.1) is 4.90 Å². The fourth-order valence-corrected chi connectivity index (χ4v) is 4.83. The Kier molecular flexibility index (Phi) is 4.72. The second kappa shape index (κ2) is 6.04. The average Bonchev–Trinajstić information content (AvgIpc) is 2.38. The maximum atomic E-state index is 12.5. The van der Waals surface area contributed by atoms with Crippen molar-refractivity contribution in [1.29, 1.82) is 0 Å². The maximum Gasteiger partial charge on any atom is 0.325 e. The van der Waals surface area contributed by atoms with Crippen molar-refractivity contribution in [3.05, 3.63) is 28.2 Å². The van der Waals surface area contributed by atoms with E-state index in [9.17, 15) is 18.3 Å². The Morgan fingerprint density at radius 2 is 2.00 bits per heavy atom. The van der Waals surface area contributed by atoms with Crippen molar-refractivity contribution >= 4 is 31.9 Å². The van der Waals surface area contributed by atoms with Crippen molar-refractivity contribution in [2.24, 2.45) is 0 Å². The number of rotatable bonds is 4. The minimum Gasteiger partial charge on any atom is -0.480 e. The largest absolute Gasteiger partial charge is 0.480 e. The van der Waals surface area contributed by atoms with E-state index in [1.54, 1.807) is 12.1 Å². The summed E-state index contributed by atoms with van der Waals surface area (Å²) in [7, 11) is -3.94. The first-order valence-corrected chi connectivity index (χ1v) is 8.66. The van der Waals surface area contributed by atoms with E-state index in [-0.39, 0.29) is 31.0 Å². The summed E-state index contributed by atoms with van der Waals surface area (Å²) in [4.78, 5) is 11.6. The number of benzene rings is 1. The molecule has 0 spiro atoms. The molecule has 1 fully saturated rings. The molecule has 1 aromatic carbocycles. The summed E-state index contributed by atoms with van der Waals surface area (Å²) in [6, 6.07) is 4.79. The predicted octanol–water partition coefficient (Wildman–Crippen LogP) is 1.67. The molecule has 1 heterocycles. The first-order chi connectivity index (χ1) is 9.77. The van der Waals surface area contributed by atoms with Crippen molar-refractivity contribution in [2.45, 2.75) is 30.2 Å². The lowest BCUT2D eigenvalue weighted by Gasteiger charge is -2.33. The van der Waals surface area contributed by atoms with Gasteiger partial charge in [-0.25, -0.2) is 8.42 Å². The highest BCUT2D eigenvalue weighted by molar-refractivity contribution is 9.10. The zero-order valence-corrected chi connectivity index (χ0v) is 13.8. The van der Waals surface area contributed by atoms with Crippen LogP contribution in [0.4, 0.5) is 0 Å². The molecule has 1 aliphatic heterocycles. The molecule has 6 nitrogen and oxygen atoms in total. The lowest BCUT2D eigenvalue weighted by Crippen LogP contribution is -2.57. The normalized spacial score (nSPS) is 18.4. The van der Waals surface area contributed by atoms with Crippen molar-refractivity contribution in [3.8, 4) is 0 Å². The van der Waals surface area contributed by atoms with Crippen LogP contribution in [0.3, 0.4) is 0 Å². The van der Waals surface area contributed by atoms with Gasteiger partial charge in [0.2, 0.25) is 10.0 Å². The molecule has 116 valence electrons. The molecule has 0 bridgehead atoms. The van der Waals surface area contributed by atoms with E-state index < -0.39 is 21.5 Å². The fraction of sp³-hybridized carbons (Fsp3) is 0.462. The topological polar surface area (TPSA) is 92.7 Å². The number of carbonyl (C=O) groups is 1. The first kappa shape index (κ1) is 16.4. The number of carboxylic acid groups (broad SMARTS) is 1. The molecule has 1 aliphatic rings. The first-order valence-electron chi connectivity index (χ1n) is 6.38. The number of aliphatic carboxylic acids is 1. The van der Waals surface area contributed by atoms with Crippen LogP contribution >= 0.6 is 15.9 Å². The van der Waals surface area contributed by atoms with Gasteiger partial charge in [-0.15, -0.1) is 0 Å². The van der Waals surface area contributed by atoms with Gasteiger partial charge in [0.25, 0.3) is 0 Å². The van der Waals surface area contributed by atoms with Crippen LogP contribution in [-0.2, 0) is 19.6 Å². The Morgan fingerprint density at radius 3 is 2.52 bits per heavy atom. The van der Waals surface area contributed by atoms with E-state index in [4.69, 9.17) is 4.74 Å². The summed E-state index contributed by atoms with van der Waals surface area (Å²) >= 11 is 3.21. The van der Waals surface area contributed by atoms with Crippen LogP contribution in [0.1, 0.15) is 18.4 Å². The molecule has 0 aromatic heterocycles. The predicted molar refractivity (Wildman–Crippen MR) is 79.6 cm³/mol. The fourth-order valence-electron chi connectivity index (χ4n) is 2.22. The molecule has 2 rings (SSSR count). The molecule has 0 saturated carbocycles. The minimum atomic E-state index is -3.94. The van der Waals surface area contributed by atoms with Crippen molar-refractivity contribution < 1.29 is 23.1 Å². The lowest BCUT2D eigenvalue weighted by molar-refractivity contribution is -0.147. The van der Waals surface area contributed by atoms with Crippen LogP contribution in [0.15, 0.2) is 27.6 Å². The average molecular weight is 378 g/mol. The molecule has 0 unspecified atom stereocenters. The number of halogens is 1. The lowest BCUT2D eigenvalue weighted by atomic mass is 9.92. The summed E-state index contributed by atoms with van der Waals surface area (Å²) in [6.45, 7) is 2.26. The molecule has 0 radical (unpaired) electrons.